The molecular weight excluding hydrogens is 606 g/mol. The summed E-state index contributed by atoms with van der Waals surface area (Å²) in [5.41, 5.74) is 3.10. The Morgan fingerprint density at radius 1 is 0.822 bits per heavy atom. The molecule has 0 aliphatic rings. The second-order valence-corrected chi connectivity index (χ2v) is 14.5. The molecule has 9 heteroatoms. The van der Waals surface area contributed by atoms with Crippen LogP contribution in [-0.4, -0.2) is 43.3 Å². The lowest BCUT2D eigenvalue weighted by Crippen LogP contribution is -2.56. The summed E-state index contributed by atoms with van der Waals surface area (Å²) in [6.07, 6.45) is 0.242. The van der Waals surface area contributed by atoms with Gasteiger partial charge in [-0.25, -0.2) is 8.42 Å². The van der Waals surface area contributed by atoms with E-state index >= 15 is 0 Å². The van der Waals surface area contributed by atoms with Crippen molar-refractivity contribution in [2.24, 2.45) is 0 Å². The molecule has 7 nitrogen and oxygen atoms in total. The minimum absolute atomic E-state index is 0.0449. The van der Waals surface area contributed by atoms with Gasteiger partial charge in [0.05, 0.1) is 10.6 Å². The predicted octanol–water partition coefficient (Wildman–Crippen LogP) is 6.71. The number of carbonyl (C=O) groups is 2. The van der Waals surface area contributed by atoms with Gasteiger partial charge in [0.15, 0.2) is 0 Å². The molecule has 1 unspecified atom stereocenters. The molecule has 1 atom stereocenters. The molecule has 0 heterocycles. The van der Waals surface area contributed by atoms with Gasteiger partial charge in [-0.05, 0) is 81.6 Å². The van der Waals surface area contributed by atoms with Crippen LogP contribution in [0.5, 0.6) is 0 Å². The lowest BCUT2D eigenvalue weighted by Gasteiger charge is -2.35. The molecule has 0 aliphatic heterocycles. The molecule has 1 N–H and O–H groups in total. The van der Waals surface area contributed by atoms with Crippen LogP contribution in [0.25, 0.3) is 0 Å². The summed E-state index contributed by atoms with van der Waals surface area (Å²) in [5.74, 6) is -0.846. The number of hydrogen-bond donors (Lipinski definition) is 1. The minimum Gasteiger partial charge on any atom is -0.350 e. The molecule has 0 saturated carbocycles. The van der Waals surface area contributed by atoms with Crippen LogP contribution in [0.15, 0.2) is 108 Å². The highest BCUT2D eigenvalue weighted by Crippen LogP contribution is 2.29. The average molecular weight is 646 g/mol. The number of carbonyl (C=O) groups excluding carboxylic acids is 2. The van der Waals surface area contributed by atoms with Crippen LogP contribution >= 0.6 is 11.6 Å². The largest absolute Gasteiger partial charge is 0.350 e. The Balaban J connectivity index is 1.83. The third-order valence-electron chi connectivity index (χ3n) is 7.28. The van der Waals surface area contributed by atoms with Crippen LogP contribution < -0.4 is 9.62 Å². The summed E-state index contributed by atoms with van der Waals surface area (Å²) in [6, 6.07) is 29.1. The molecule has 0 radical (unpaired) electrons. The number of amides is 2. The predicted molar refractivity (Wildman–Crippen MR) is 181 cm³/mol. The number of hydrogen-bond acceptors (Lipinski definition) is 4. The molecule has 0 spiro atoms. The molecule has 236 valence electrons. The standard InChI is InChI=1S/C36H40ClN3O4S/c1-26-16-18-29(19-17-26)24-39(33(35(42)38-36(3,4)5)23-28-12-8-6-9-13-28)34(41)25-40(32-21-20-30(37)22-27(32)2)45(43,44)31-14-10-7-11-15-31/h6-22,33H,23-25H2,1-5H3,(H,38,42). The van der Waals surface area contributed by atoms with E-state index < -0.39 is 34.1 Å². The molecule has 45 heavy (non-hydrogen) atoms. The first-order valence-electron chi connectivity index (χ1n) is 14.8. The van der Waals surface area contributed by atoms with Crippen molar-refractivity contribution in [2.75, 3.05) is 10.8 Å². The summed E-state index contributed by atoms with van der Waals surface area (Å²) in [5, 5.41) is 3.49. The van der Waals surface area contributed by atoms with Crippen molar-refractivity contribution in [3.63, 3.8) is 0 Å². The number of nitrogens with zero attached hydrogens (tertiary/aromatic N) is 2. The number of aryl methyl sites for hydroxylation is 2. The normalized spacial score (nSPS) is 12.3. The molecule has 0 aliphatic carbocycles. The average Bonchev–Trinajstić information content (AvgIpc) is 2.99. The zero-order valence-electron chi connectivity index (χ0n) is 26.3. The lowest BCUT2D eigenvalue weighted by molar-refractivity contribution is -0.140. The van der Waals surface area contributed by atoms with Gasteiger partial charge < -0.3 is 10.2 Å². The summed E-state index contributed by atoms with van der Waals surface area (Å²) in [6.45, 7) is 8.95. The van der Waals surface area contributed by atoms with Gasteiger partial charge in [0, 0.05) is 23.5 Å². The molecular formula is C36H40ClN3O4S. The van der Waals surface area contributed by atoms with E-state index in [0.29, 0.717) is 16.3 Å². The zero-order valence-corrected chi connectivity index (χ0v) is 27.9. The van der Waals surface area contributed by atoms with Crippen LogP contribution in [0.3, 0.4) is 0 Å². The van der Waals surface area contributed by atoms with Gasteiger partial charge in [-0.15, -0.1) is 0 Å². The molecule has 4 aromatic carbocycles. The third-order valence-corrected chi connectivity index (χ3v) is 9.29. The van der Waals surface area contributed by atoms with Crippen LogP contribution in [0, 0.1) is 13.8 Å². The fourth-order valence-corrected chi connectivity index (χ4v) is 6.76. The van der Waals surface area contributed by atoms with Gasteiger partial charge >= 0.3 is 0 Å². The molecule has 2 amide bonds. The molecule has 0 bridgehead atoms. The number of halogens is 1. The quantitative estimate of drug-likeness (QED) is 0.197. The van der Waals surface area contributed by atoms with Crippen molar-refractivity contribution in [1.29, 1.82) is 0 Å². The molecule has 4 rings (SSSR count). The van der Waals surface area contributed by atoms with Crippen molar-refractivity contribution in [2.45, 2.75) is 64.1 Å². The molecule has 0 aromatic heterocycles. The van der Waals surface area contributed by atoms with E-state index in [9.17, 15) is 18.0 Å². The van der Waals surface area contributed by atoms with E-state index in [1.807, 2.05) is 82.3 Å². The van der Waals surface area contributed by atoms with E-state index in [1.54, 1.807) is 43.3 Å². The van der Waals surface area contributed by atoms with Gasteiger partial charge in [0.1, 0.15) is 12.6 Å². The topological polar surface area (TPSA) is 86.8 Å². The molecule has 0 fully saturated rings. The van der Waals surface area contributed by atoms with Crippen molar-refractivity contribution >= 4 is 39.1 Å². The summed E-state index contributed by atoms with van der Waals surface area (Å²) in [4.78, 5) is 30.1. The first-order chi connectivity index (χ1) is 21.2. The number of benzene rings is 4. The van der Waals surface area contributed by atoms with Crippen molar-refractivity contribution in [3.8, 4) is 0 Å². The smallest absolute Gasteiger partial charge is 0.264 e. The third kappa shape index (κ3) is 8.96. The summed E-state index contributed by atoms with van der Waals surface area (Å²) < 4.78 is 29.4. The first-order valence-corrected chi connectivity index (χ1v) is 16.6. The zero-order chi connectivity index (χ0) is 32.8. The van der Waals surface area contributed by atoms with Gasteiger partial charge in [-0.2, -0.15) is 0 Å². The Morgan fingerprint density at radius 2 is 1.42 bits per heavy atom. The van der Waals surface area contributed by atoms with Gasteiger partial charge in [-0.1, -0.05) is 90.0 Å². The second kappa shape index (κ2) is 14.3. The minimum atomic E-state index is -4.19. The fraction of sp³-hybridized carbons (Fsp3) is 0.278. The Hall–Kier alpha value is -4.14. The molecule has 0 saturated heterocycles. The monoisotopic (exact) mass is 645 g/mol. The Bertz CT molecular complexity index is 1720. The van der Waals surface area contributed by atoms with Crippen molar-refractivity contribution in [1.82, 2.24) is 10.2 Å². The van der Waals surface area contributed by atoms with Crippen molar-refractivity contribution in [3.05, 3.63) is 130 Å². The highest BCUT2D eigenvalue weighted by molar-refractivity contribution is 7.92. The van der Waals surface area contributed by atoms with Crippen LogP contribution in [-0.2, 0) is 32.6 Å². The SMILES string of the molecule is Cc1ccc(CN(C(=O)CN(c2ccc(Cl)cc2C)S(=O)(=O)c2ccccc2)C(Cc2ccccc2)C(=O)NC(C)(C)C)cc1. The van der Waals surface area contributed by atoms with Gasteiger partial charge in [0.2, 0.25) is 11.8 Å². The highest BCUT2D eigenvalue weighted by Gasteiger charge is 2.36. The van der Waals surface area contributed by atoms with E-state index in [0.717, 1.165) is 21.0 Å². The summed E-state index contributed by atoms with van der Waals surface area (Å²) >= 11 is 6.23. The van der Waals surface area contributed by atoms with Gasteiger partial charge in [0.25, 0.3) is 10.0 Å². The number of rotatable bonds is 11. The Kier molecular flexibility index (Phi) is 10.7. The Labute approximate surface area is 271 Å². The van der Waals surface area contributed by atoms with E-state index in [-0.39, 0.29) is 23.8 Å². The maximum absolute atomic E-state index is 14.6. The van der Waals surface area contributed by atoms with E-state index in [2.05, 4.69) is 5.32 Å². The van der Waals surface area contributed by atoms with Gasteiger partial charge in [-0.3, -0.25) is 13.9 Å². The maximum Gasteiger partial charge on any atom is 0.264 e. The van der Waals surface area contributed by atoms with Crippen LogP contribution in [0.2, 0.25) is 5.02 Å². The molecule has 4 aromatic rings. The van der Waals surface area contributed by atoms with E-state index in [1.165, 1.54) is 17.0 Å². The van der Waals surface area contributed by atoms with Crippen LogP contribution in [0.4, 0.5) is 5.69 Å². The lowest BCUT2D eigenvalue weighted by atomic mass is 10.0. The fourth-order valence-electron chi connectivity index (χ4n) is 5.03. The number of nitrogens with one attached hydrogen (secondary N) is 1. The summed E-state index contributed by atoms with van der Waals surface area (Å²) in [7, 11) is -4.19. The van der Waals surface area contributed by atoms with E-state index in [4.69, 9.17) is 11.6 Å². The maximum atomic E-state index is 14.6. The number of sulfonamides is 1. The Morgan fingerprint density at radius 3 is 2.00 bits per heavy atom. The second-order valence-electron chi connectivity index (χ2n) is 12.2. The van der Waals surface area contributed by atoms with Crippen molar-refractivity contribution < 1.29 is 18.0 Å². The van der Waals surface area contributed by atoms with Crippen LogP contribution in [0.1, 0.15) is 43.0 Å². The highest BCUT2D eigenvalue weighted by atomic mass is 35.5. The number of anilines is 1. The first kappa shape index (κ1) is 33.7.